The molecule has 0 spiro atoms. The molecule has 1 heterocycles. The lowest BCUT2D eigenvalue weighted by Gasteiger charge is -2.32. The second-order valence-electron chi connectivity index (χ2n) is 5.96. The van der Waals surface area contributed by atoms with Crippen LogP contribution in [0.15, 0.2) is 24.3 Å². The van der Waals surface area contributed by atoms with Gasteiger partial charge in [-0.15, -0.1) is 0 Å². The lowest BCUT2D eigenvalue weighted by Crippen LogP contribution is -2.41. The third-order valence-corrected chi connectivity index (χ3v) is 3.85. The van der Waals surface area contributed by atoms with Gasteiger partial charge < -0.3 is 14.0 Å². The van der Waals surface area contributed by atoms with Crippen LogP contribution in [0.25, 0.3) is 0 Å². The van der Waals surface area contributed by atoms with Crippen LogP contribution in [-0.2, 0) is 9.31 Å². The van der Waals surface area contributed by atoms with Crippen LogP contribution >= 0.6 is 0 Å². The molecule has 116 valence electrons. The summed E-state index contributed by atoms with van der Waals surface area (Å²) in [5.41, 5.74) is -0.215. The van der Waals surface area contributed by atoms with Crippen LogP contribution in [0.1, 0.15) is 27.7 Å². The average Bonchev–Trinajstić information content (AvgIpc) is 2.59. The predicted octanol–water partition coefficient (Wildman–Crippen LogP) is 2.93. The van der Waals surface area contributed by atoms with Crippen LogP contribution in [0.3, 0.4) is 0 Å². The van der Waals surface area contributed by atoms with Gasteiger partial charge in [0.25, 0.3) is 6.36 Å². The monoisotopic (exact) mass is 302 g/mol. The summed E-state index contributed by atoms with van der Waals surface area (Å²) < 4.78 is 53.1. The predicted molar refractivity (Wildman–Crippen MR) is 73.7 cm³/mol. The first-order valence-electron chi connectivity index (χ1n) is 6.67. The van der Waals surface area contributed by atoms with Gasteiger partial charge in [0.2, 0.25) is 0 Å². The second kappa shape index (κ2) is 5.53. The van der Waals surface area contributed by atoms with Gasteiger partial charge in [0.15, 0.2) is 0 Å². The zero-order valence-corrected chi connectivity index (χ0v) is 12.4. The fraction of sp³-hybridized carbons (Fsp3) is 0.571. The molecule has 3 nitrogen and oxygen atoms in total. The van der Waals surface area contributed by atoms with Crippen molar-refractivity contribution in [1.29, 1.82) is 0 Å². The van der Waals surface area contributed by atoms with E-state index >= 15 is 0 Å². The van der Waals surface area contributed by atoms with Crippen molar-refractivity contribution in [1.82, 2.24) is 0 Å². The fourth-order valence-electron chi connectivity index (χ4n) is 1.86. The highest BCUT2D eigenvalue weighted by Gasteiger charge is 2.51. The molecule has 0 amide bonds. The van der Waals surface area contributed by atoms with Crippen molar-refractivity contribution in [2.75, 3.05) is 0 Å². The SMILES string of the molecule is CC1(C)OB(c2ccc(OC(F)C(F)F)cc2)OC1(C)C. The van der Waals surface area contributed by atoms with Crippen LogP contribution < -0.4 is 10.2 Å². The molecule has 1 aliphatic heterocycles. The van der Waals surface area contributed by atoms with E-state index in [0.29, 0.717) is 5.46 Å². The largest absolute Gasteiger partial charge is 0.494 e. The van der Waals surface area contributed by atoms with E-state index in [4.69, 9.17) is 9.31 Å². The van der Waals surface area contributed by atoms with Crippen molar-refractivity contribution < 1.29 is 27.2 Å². The minimum absolute atomic E-state index is 0.0306. The highest BCUT2D eigenvalue weighted by atomic mass is 19.3. The number of halogens is 3. The molecule has 0 bridgehead atoms. The maximum Gasteiger partial charge on any atom is 0.494 e. The zero-order chi connectivity index (χ0) is 15.8. The number of ether oxygens (including phenoxy) is 1. The summed E-state index contributed by atoms with van der Waals surface area (Å²) in [4.78, 5) is 0. The molecule has 1 fully saturated rings. The molecule has 1 saturated heterocycles. The molecule has 0 aliphatic carbocycles. The number of alkyl halides is 3. The van der Waals surface area contributed by atoms with E-state index < -0.39 is 31.1 Å². The first kappa shape index (κ1) is 16.2. The summed E-state index contributed by atoms with van der Waals surface area (Å²) in [6.07, 6.45) is -5.81. The van der Waals surface area contributed by atoms with Gasteiger partial charge in [-0.3, -0.25) is 0 Å². The molecule has 1 aromatic carbocycles. The third kappa shape index (κ3) is 3.35. The summed E-state index contributed by atoms with van der Waals surface area (Å²) >= 11 is 0. The Bertz CT molecular complexity index is 475. The quantitative estimate of drug-likeness (QED) is 0.800. The Morgan fingerprint density at radius 3 is 1.86 bits per heavy atom. The molecular formula is C14H18BF3O3. The van der Waals surface area contributed by atoms with Gasteiger partial charge >= 0.3 is 13.5 Å². The lowest BCUT2D eigenvalue weighted by atomic mass is 9.79. The Hall–Kier alpha value is -1.21. The van der Waals surface area contributed by atoms with E-state index in [1.807, 2.05) is 27.7 Å². The molecule has 1 unspecified atom stereocenters. The molecule has 1 aromatic rings. The topological polar surface area (TPSA) is 27.7 Å². The Kier molecular flexibility index (Phi) is 4.26. The van der Waals surface area contributed by atoms with Gasteiger partial charge in [-0.1, -0.05) is 12.1 Å². The highest BCUT2D eigenvalue weighted by Crippen LogP contribution is 2.36. The zero-order valence-electron chi connectivity index (χ0n) is 12.4. The van der Waals surface area contributed by atoms with Crippen molar-refractivity contribution in [3.63, 3.8) is 0 Å². The van der Waals surface area contributed by atoms with Crippen LogP contribution in [0, 0.1) is 0 Å². The van der Waals surface area contributed by atoms with E-state index in [0.717, 1.165) is 0 Å². The Morgan fingerprint density at radius 1 is 0.952 bits per heavy atom. The van der Waals surface area contributed by atoms with Gasteiger partial charge in [-0.2, -0.15) is 4.39 Å². The van der Waals surface area contributed by atoms with E-state index in [2.05, 4.69) is 4.74 Å². The Morgan fingerprint density at radius 2 is 1.43 bits per heavy atom. The summed E-state index contributed by atoms with van der Waals surface area (Å²) in [7, 11) is -0.555. The van der Waals surface area contributed by atoms with Gasteiger partial charge in [-0.05, 0) is 45.3 Å². The van der Waals surface area contributed by atoms with Crippen molar-refractivity contribution in [2.45, 2.75) is 51.7 Å². The summed E-state index contributed by atoms with van der Waals surface area (Å²) in [6, 6.07) is 6.04. The van der Waals surface area contributed by atoms with E-state index in [1.54, 1.807) is 12.1 Å². The minimum atomic E-state index is -3.17. The Labute approximate surface area is 122 Å². The second-order valence-corrected chi connectivity index (χ2v) is 5.96. The van der Waals surface area contributed by atoms with E-state index in [1.165, 1.54) is 12.1 Å². The first-order valence-corrected chi connectivity index (χ1v) is 6.67. The molecule has 0 aromatic heterocycles. The van der Waals surface area contributed by atoms with Crippen LogP contribution in [0.2, 0.25) is 0 Å². The molecule has 1 atom stereocenters. The molecular weight excluding hydrogens is 284 g/mol. The van der Waals surface area contributed by atoms with Gasteiger partial charge in [0.05, 0.1) is 11.2 Å². The lowest BCUT2D eigenvalue weighted by molar-refractivity contribution is -0.0668. The number of benzene rings is 1. The van der Waals surface area contributed by atoms with Crippen molar-refractivity contribution in [3.05, 3.63) is 24.3 Å². The van der Waals surface area contributed by atoms with Crippen LogP contribution in [-0.4, -0.2) is 31.1 Å². The van der Waals surface area contributed by atoms with E-state index in [9.17, 15) is 13.2 Å². The highest BCUT2D eigenvalue weighted by molar-refractivity contribution is 6.62. The molecule has 0 saturated carbocycles. The number of rotatable bonds is 4. The maximum atomic E-state index is 12.8. The van der Waals surface area contributed by atoms with Crippen LogP contribution in [0.4, 0.5) is 13.2 Å². The normalized spacial score (nSPS) is 21.6. The van der Waals surface area contributed by atoms with Crippen LogP contribution in [0.5, 0.6) is 5.75 Å². The molecule has 2 rings (SSSR count). The van der Waals surface area contributed by atoms with Crippen molar-refractivity contribution in [3.8, 4) is 5.75 Å². The fourth-order valence-corrected chi connectivity index (χ4v) is 1.86. The van der Waals surface area contributed by atoms with Gasteiger partial charge in [0.1, 0.15) is 5.75 Å². The van der Waals surface area contributed by atoms with E-state index in [-0.39, 0.29) is 5.75 Å². The molecule has 0 N–H and O–H groups in total. The smallest absolute Gasteiger partial charge is 0.454 e. The maximum absolute atomic E-state index is 12.8. The Balaban J connectivity index is 2.07. The number of hydrogen-bond acceptors (Lipinski definition) is 3. The molecule has 21 heavy (non-hydrogen) atoms. The summed E-state index contributed by atoms with van der Waals surface area (Å²) in [6.45, 7) is 7.73. The molecule has 7 heteroatoms. The first-order chi connectivity index (χ1) is 9.62. The third-order valence-electron chi connectivity index (χ3n) is 3.85. The number of hydrogen-bond donors (Lipinski definition) is 0. The molecule has 0 radical (unpaired) electrons. The van der Waals surface area contributed by atoms with Gasteiger partial charge in [0, 0.05) is 0 Å². The minimum Gasteiger partial charge on any atom is -0.454 e. The average molecular weight is 302 g/mol. The van der Waals surface area contributed by atoms with Crippen molar-refractivity contribution >= 4 is 12.6 Å². The summed E-state index contributed by atoms with van der Waals surface area (Å²) in [5, 5.41) is 0. The van der Waals surface area contributed by atoms with Gasteiger partial charge in [-0.25, -0.2) is 8.78 Å². The summed E-state index contributed by atoms with van der Waals surface area (Å²) in [5.74, 6) is 0.0306. The van der Waals surface area contributed by atoms with Crippen molar-refractivity contribution in [2.24, 2.45) is 0 Å². The molecule has 1 aliphatic rings. The standard InChI is InChI=1S/C14H18BF3O3/c1-13(2)14(3,4)21-15(20-13)9-5-7-10(8-6-9)19-12(18)11(16)17/h5-8,11-12H,1-4H3.